The maximum Gasteiger partial charge on any atom is 0.227 e. The Balaban J connectivity index is 1.58. The van der Waals surface area contributed by atoms with E-state index in [4.69, 9.17) is 16.3 Å². The third-order valence-electron chi connectivity index (χ3n) is 4.79. The molecular weight excluding hydrogens is 376 g/mol. The van der Waals surface area contributed by atoms with Crippen LogP contribution in [0.3, 0.4) is 0 Å². The lowest BCUT2D eigenvalue weighted by Gasteiger charge is -2.19. The molecular formula is C22H25ClN2O3. The zero-order valence-corrected chi connectivity index (χ0v) is 17.1. The van der Waals surface area contributed by atoms with Gasteiger partial charge in [-0.25, -0.2) is 0 Å². The van der Waals surface area contributed by atoms with Gasteiger partial charge in [0.05, 0.1) is 12.0 Å². The molecule has 1 aliphatic heterocycles. The molecule has 0 aromatic heterocycles. The van der Waals surface area contributed by atoms with Gasteiger partial charge >= 0.3 is 0 Å². The number of halogens is 1. The molecule has 0 unspecified atom stereocenters. The highest BCUT2D eigenvalue weighted by Gasteiger charge is 2.35. The first-order valence-corrected chi connectivity index (χ1v) is 9.81. The number of ether oxygens (including phenoxy) is 1. The van der Waals surface area contributed by atoms with E-state index in [1.165, 1.54) is 0 Å². The molecule has 0 spiro atoms. The Kier molecular flexibility index (Phi) is 6.25. The highest BCUT2D eigenvalue weighted by Crippen LogP contribution is 2.31. The summed E-state index contributed by atoms with van der Waals surface area (Å²) < 4.78 is 5.62. The number of nitrogens with one attached hydrogen (secondary N) is 1. The highest BCUT2D eigenvalue weighted by atomic mass is 35.5. The van der Waals surface area contributed by atoms with E-state index in [0.29, 0.717) is 18.1 Å². The molecule has 2 aromatic carbocycles. The standard InChI is InChI=1S/C22H25ClN2O3/c1-14(2)28-18-9-7-16(8-10-18)12-24-22(27)17-11-21(26)25(13-17)20-6-4-5-19(23)15(20)3/h4-10,14,17H,11-13H2,1-3H3,(H,24,27)/t17-/m1/s1. The van der Waals surface area contributed by atoms with E-state index in [2.05, 4.69) is 5.32 Å². The van der Waals surface area contributed by atoms with Crippen molar-refractivity contribution in [2.75, 3.05) is 11.4 Å². The van der Waals surface area contributed by atoms with Crippen LogP contribution in [0.15, 0.2) is 42.5 Å². The second kappa shape index (κ2) is 8.65. The molecule has 5 nitrogen and oxygen atoms in total. The van der Waals surface area contributed by atoms with Gasteiger partial charge in [-0.15, -0.1) is 0 Å². The van der Waals surface area contributed by atoms with E-state index < -0.39 is 0 Å². The van der Waals surface area contributed by atoms with Crippen molar-refractivity contribution in [3.05, 3.63) is 58.6 Å². The summed E-state index contributed by atoms with van der Waals surface area (Å²) in [4.78, 5) is 26.7. The largest absolute Gasteiger partial charge is 0.491 e. The maximum atomic E-state index is 12.6. The number of nitrogens with zero attached hydrogens (tertiary/aromatic N) is 1. The summed E-state index contributed by atoms with van der Waals surface area (Å²) in [6.45, 7) is 6.62. The summed E-state index contributed by atoms with van der Waals surface area (Å²) in [7, 11) is 0. The normalized spacial score (nSPS) is 16.5. The average Bonchev–Trinajstić information content (AvgIpc) is 3.04. The van der Waals surface area contributed by atoms with E-state index in [-0.39, 0.29) is 30.3 Å². The zero-order chi connectivity index (χ0) is 20.3. The number of carbonyl (C=O) groups is 2. The quantitative estimate of drug-likeness (QED) is 0.793. The van der Waals surface area contributed by atoms with Gasteiger partial charge in [-0.1, -0.05) is 29.8 Å². The lowest BCUT2D eigenvalue weighted by molar-refractivity contribution is -0.126. The lowest BCUT2D eigenvalue weighted by Crippen LogP contribution is -2.32. The minimum Gasteiger partial charge on any atom is -0.491 e. The topological polar surface area (TPSA) is 58.6 Å². The van der Waals surface area contributed by atoms with Crippen molar-refractivity contribution in [1.29, 1.82) is 0 Å². The molecule has 3 rings (SSSR count). The molecule has 1 atom stereocenters. The maximum absolute atomic E-state index is 12.6. The van der Waals surface area contributed by atoms with Gasteiger partial charge in [0.1, 0.15) is 5.75 Å². The predicted octanol–water partition coefficient (Wildman–Crippen LogP) is 4.10. The van der Waals surface area contributed by atoms with Crippen molar-refractivity contribution >= 4 is 29.1 Å². The second-order valence-electron chi connectivity index (χ2n) is 7.32. The first kappa shape index (κ1) is 20.2. The Morgan fingerprint density at radius 3 is 2.64 bits per heavy atom. The molecule has 0 bridgehead atoms. The molecule has 0 saturated carbocycles. The number of benzene rings is 2. The molecule has 1 N–H and O–H groups in total. The Hall–Kier alpha value is -2.53. The van der Waals surface area contributed by atoms with Crippen LogP contribution in [-0.2, 0) is 16.1 Å². The van der Waals surface area contributed by atoms with E-state index >= 15 is 0 Å². The Morgan fingerprint density at radius 1 is 1.25 bits per heavy atom. The minimum atomic E-state index is -0.366. The first-order chi connectivity index (χ1) is 13.3. The van der Waals surface area contributed by atoms with Crippen molar-refractivity contribution in [3.63, 3.8) is 0 Å². The van der Waals surface area contributed by atoms with Crippen molar-refractivity contribution in [3.8, 4) is 5.75 Å². The molecule has 0 aliphatic carbocycles. The van der Waals surface area contributed by atoms with Crippen LogP contribution in [0.4, 0.5) is 5.69 Å². The SMILES string of the molecule is Cc1c(Cl)cccc1N1C[C@H](C(=O)NCc2ccc(OC(C)C)cc2)CC1=O. The molecule has 28 heavy (non-hydrogen) atoms. The fourth-order valence-corrected chi connectivity index (χ4v) is 3.47. The van der Waals surface area contributed by atoms with Gasteiger partial charge < -0.3 is 15.0 Å². The van der Waals surface area contributed by atoms with Gasteiger partial charge in [0.2, 0.25) is 11.8 Å². The van der Waals surface area contributed by atoms with Gasteiger partial charge in [-0.05, 0) is 56.2 Å². The van der Waals surface area contributed by atoms with Crippen LogP contribution >= 0.6 is 11.6 Å². The van der Waals surface area contributed by atoms with Crippen LogP contribution in [-0.4, -0.2) is 24.5 Å². The van der Waals surface area contributed by atoms with Crippen molar-refractivity contribution in [2.24, 2.45) is 5.92 Å². The van der Waals surface area contributed by atoms with Gasteiger partial charge in [-0.3, -0.25) is 9.59 Å². The summed E-state index contributed by atoms with van der Waals surface area (Å²) in [6, 6.07) is 13.1. The fraction of sp³-hybridized carbons (Fsp3) is 0.364. The number of anilines is 1. The monoisotopic (exact) mass is 400 g/mol. The summed E-state index contributed by atoms with van der Waals surface area (Å²) in [6.07, 6.45) is 0.329. The molecule has 148 valence electrons. The fourth-order valence-electron chi connectivity index (χ4n) is 3.30. The minimum absolute atomic E-state index is 0.0549. The Morgan fingerprint density at radius 2 is 1.96 bits per heavy atom. The van der Waals surface area contributed by atoms with Gasteiger partial charge in [0.25, 0.3) is 0 Å². The smallest absolute Gasteiger partial charge is 0.227 e. The number of hydrogen-bond donors (Lipinski definition) is 1. The Bertz CT molecular complexity index is 865. The second-order valence-corrected chi connectivity index (χ2v) is 7.72. The van der Waals surface area contributed by atoms with Gasteiger partial charge in [0, 0.05) is 30.2 Å². The molecule has 1 heterocycles. The van der Waals surface area contributed by atoms with Crippen LogP contribution in [0, 0.1) is 12.8 Å². The molecule has 1 aliphatic rings. The van der Waals surface area contributed by atoms with Crippen LogP contribution in [0.5, 0.6) is 5.75 Å². The lowest BCUT2D eigenvalue weighted by atomic mass is 10.1. The van der Waals surface area contributed by atoms with Crippen LogP contribution < -0.4 is 15.0 Å². The third kappa shape index (κ3) is 4.65. The number of amides is 2. The molecule has 1 saturated heterocycles. The Labute approximate surface area is 170 Å². The third-order valence-corrected chi connectivity index (χ3v) is 5.20. The summed E-state index contributed by atoms with van der Waals surface area (Å²) >= 11 is 6.17. The van der Waals surface area contributed by atoms with Gasteiger partial charge in [0.15, 0.2) is 0 Å². The van der Waals surface area contributed by atoms with Crippen LogP contribution in [0.25, 0.3) is 0 Å². The summed E-state index contributed by atoms with van der Waals surface area (Å²) in [5.41, 5.74) is 2.60. The molecule has 6 heteroatoms. The summed E-state index contributed by atoms with van der Waals surface area (Å²) in [5, 5.41) is 3.55. The van der Waals surface area contributed by atoms with Gasteiger partial charge in [-0.2, -0.15) is 0 Å². The zero-order valence-electron chi connectivity index (χ0n) is 16.4. The molecule has 2 aromatic rings. The number of hydrogen-bond acceptors (Lipinski definition) is 3. The van der Waals surface area contributed by atoms with Crippen molar-refractivity contribution in [2.45, 2.75) is 39.8 Å². The number of rotatable bonds is 6. The number of carbonyl (C=O) groups excluding carboxylic acids is 2. The van der Waals surface area contributed by atoms with E-state index in [1.807, 2.05) is 57.2 Å². The molecule has 2 amide bonds. The summed E-state index contributed by atoms with van der Waals surface area (Å²) in [5.74, 6) is 0.271. The molecule has 1 fully saturated rings. The highest BCUT2D eigenvalue weighted by molar-refractivity contribution is 6.31. The predicted molar refractivity (Wildman–Crippen MR) is 111 cm³/mol. The first-order valence-electron chi connectivity index (χ1n) is 9.44. The molecule has 0 radical (unpaired) electrons. The van der Waals surface area contributed by atoms with E-state index in [9.17, 15) is 9.59 Å². The van der Waals surface area contributed by atoms with Crippen LogP contribution in [0.2, 0.25) is 5.02 Å². The van der Waals surface area contributed by atoms with Crippen molar-refractivity contribution < 1.29 is 14.3 Å². The van der Waals surface area contributed by atoms with E-state index in [1.54, 1.807) is 11.0 Å². The average molecular weight is 401 g/mol. The van der Waals surface area contributed by atoms with Crippen LogP contribution in [0.1, 0.15) is 31.4 Å². The van der Waals surface area contributed by atoms with Crippen molar-refractivity contribution in [1.82, 2.24) is 5.32 Å². The van der Waals surface area contributed by atoms with E-state index in [0.717, 1.165) is 22.6 Å².